The van der Waals surface area contributed by atoms with E-state index < -0.39 is 11.5 Å². The third kappa shape index (κ3) is 3.87. The summed E-state index contributed by atoms with van der Waals surface area (Å²) in [4.78, 5) is 29.1. The minimum Gasteiger partial charge on any atom is -0.422 e. The van der Waals surface area contributed by atoms with Crippen LogP contribution in [-0.2, 0) is 0 Å². The van der Waals surface area contributed by atoms with Crippen LogP contribution in [0.25, 0.3) is 22.2 Å². The number of amides is 1. The van der Waals surface area contributed by atoms with Crippen molar-refractivity contribution in [2.45, 2.75) is 0 Å². The van der Waals surface area contributed by atoms with Crippen LogP contribution in [0, 0.1) is 0 Å². The van der Waals surface area contributed by atoms with E-state index in [9.17, 15) is 9.59 Å². The van der Waals surface area contributed by atoms with Gasteiger partial charge in [-0.3, -0.25) is 10.1 Å². The van der Waals surface area contributed by atoms with Crippen molar-refractivity contribution in [3.8, 4) is 11.3 Å². The van der Waals surface area contributed by atoms with Gasteiger partial charge in [-0.25, -0.2) is 9.78 Å². The number of hydrogen-bond acceptors (Lipinski definition) is 5. The van der Waals surface area contributed by atoms with Gasteiger partial charge in [0.25, 0.3) is 5.91 Å². The summed E-state index contributed by atoms with van der Waals surface area (Å²) >= 11 is 8.08. The van der Waals surface area contributed by atoms with Gasteiger partial charge in [-0.2, -0.15) is 0 Å². The molecule has 134 valence electrons. The Morgan fingerprint density at radius 1 is 1.07 bits per heavy atom. The van der Waals surface area contributed by atoms with Crippen molar-refractivity contribution in [3.63, 3.8) is 0 Å². The zero-order valence-electron chi connectivity index (χ0n) is 13.5. The predicted molar refractivity (Wildman–Crippen MR) is 113 cm³/mol. The summed E-state index contributed by atoms with van der Waals surface area (Å²) in [6.07, 6.45) is 0. The van der Waals surface area contributed by atoms with E-state index in [1.807, 2.05) is 29.6 Å². The Labute approximate surface area is 174 Å². The van der Waals surface area contributed by atoms with Gasteiger partial charge in [-0.15, -0.1) is 11.3 Å². The number of rotatable bonds is 3. The number of nitrogens with one attached hydrogen (secondary N) is 1. The molecule has 0 aliphatic rings. The molecule has 4 rings (SSSR count). The fourth-order valence-electron chi connectivity index (χ4n) is 2.53. The highest BCUT2D eigenvalue weighted by Gasteiger charge is 2.16. The van der Waals surface area contributed by atoms with Crippen LogP contribution in [0.3, 0.4) is 0 Å². The topological polar surface area (TPSA) is 72.2 Å². The van der Waals surface area contributed by atoms with Crippen LogP contribution in [0.1, 0.15) is 10.4 Å². The molecule has 0 aliphatic heterocycles. The Kier molecular flexibility index (Phi) is 4.94. The average molecular weight is 506 g/mol. The summed E-state index contributed by atoms with van der Waals surface area (Å²) in [6.45, 7) is 0. The van der Waals surface area contributed by atoms with Gasteiger partial charge < -0.3 is 4.42 Å². The molecule has 1 amide bonds. The summed E-state index contributed by atoms with van der Waals surface area (Å²) in [5.41, 5.74) is 1.33. The van der Waals surface area contributed by atoms with Crippen molar-refractivity contribution >= 4 is 65.2 Å². The Morgan fingerprint density at radius 3 is 2.70 bits per heavy atom. The van der Waals surface area contributed by atoms with E-state index in [0.29, 0.717) is 16.1 Å². The standard InChI is InChI=1S/C19H10Br2N2O3S/c20-12-3-1-2-10(6-12)15-9-27-19(22-15)23-17(24)14-8-11-7-13(21)4-5-16(11)26-18(14)25/h1-9H,(H,22,23,24). The number of halogens is 2. The number of thiazole rings is 1. The molecule has 0 radical (unpaired) electrons. The van der Waals surface area contributed by atoms with Crippen LogP contribution >= 0.6 is 43.2 Å². The van der Waals surface area contributed by atoms with Gasteiger partial charge in [0, 0.05) is 25.3 Å². The van der Waals surface area contributed by atoms with Crippen LogP contribution in [-0.4, -0.2) is 10.9 Å². The second kappa shape index (κ2) is 7.38. The molecule has 1 N–H and O–H groups in total. The maximum atomic E-state index is 12.5. The Balaban J connectivity index is 1.62. The lowest BCUT2D eigenvalue weighted by molar-refractivity contribution is 0.102. The normalized spacial score (nSPS) is 10.9. The van der Waals surface area contributed by atoms with Gasteiger partial charge >= 0.3 is 5.63 Å². The smallest absolute Gasteiger partial charge is 0.349 e. The Bertz CT molecular complexity index is 1230. The summed E-state index contributed by atoms with van der Waals surface area (Å²) in [5, 5.41) is 5.57. The van der Waals surface area contributed by atoms with E-state index in [1.54, 1.807) is 18.2 Å². The maximum absolute atomic E-state index is 12.5. The van der Waals surface area contributed by atoms with Gasteiger partial charge in [-0.1, -0.05) is 44.0 Å². The molecule has 2 heterocycles. The van der Waals surface area contributed by atoms with Crippen molar-refractivity contribution in [1.29, 1.82) is 0 Å². The van der Waals surface area contributed by atoms with Crippen LogP contribution in [0.15, 0.2) is 72.1 Å². The molecule has 0 bridgehead atoms. The average Bonchev–Trinajstić information content (AvgIpc) is 3.10. The van der Waals surface area contributed by atoms with Crippen LogP contribution in [0.5, 0.6) is 0 Å². The molecule has 2 aromatic heterocycles. The molecule has 0 aliphatic carbocycles. The van der Waals surface area contributed by atoms with Crippen LogP contribution in [0.4, 0.5) is 5.13 Å². The predicted octanol–water partition coefficient (Wildman–Crippen LogP) is 5.69. The SMILES string of the molecule is O=C(Nc1nc(-c2cccc(Br)c2)cs1)c1cc2cc(Br)ccc2oc1=O. The molecular weight excluding hydrogens is 496 g/mol. The zero-order chi connectivity index (χ0) is 19.0. The van der Waals surface area contributed by atoms with Gasteiger partial charge in [0.1, 0.15) is 11.1 Å². The number of carbonyl (C=O) groups excluding carboxylic acids is 1. The van der Waals surface area contributed by atoms with Gasteiger partial charge in [0.15, 0.2) is 5.13 Å². The van der Waals surface area contributed by atoms with E-state index in [2.05, 4.69) is 42.2 Å². The molecular formula is C19H10Br2N2O3S. The summed E-state index contributed by atoms with van der Waals surface area (Å²) in [6, 6.07) is 14.5. The summed E-state index contributed by atoms with van der Waals surface area (Å²) in [7, 11) is 0. The number of hydrogen-bond donors (Lipinski definition) is 1. The molecule has 0 atom stereocenters. The van der Waals surface area contributed by atoms with Crippen molar-refractivity contribution < 1.29 is 9.21 Å². The molecule has 0 unspecified atom stereocenters. The number of benzene rings is 2. The molecule has 8 heteroatoms. The Morgan fingerprint density at radius 2 is 1.89 bits per heavy atom. The zero-order valence-corrected chi connectivity index (χ0v) is 17.5. The number of carbonyl (C=O) groups is 1. The van der Waals surface area contributed by atoms with Gasteiger partial charge in [-0.05, 0) is 36.4 Å². The first kappa shape index (κ1) is 18.1. The van der Waals surface area contributed by atoms with Crippen molar-refractivity contribution in [2.24, 2.45) is 0 Å². The Hall–Kier alpha value is -2.29. The van der Waals surface area contributed by atoms with E-state index in [0.717, 1.165) is 20.2 Å². The molecule has 0 spiro atoms. The molecule has 0 fully saturated rings. The molecule has 2 aromatic carbocycles. The summed E-state index contributed by atoms with van der Waals surface area (Å²) in [5.74, 6) is -0.555. The monoisotopic (exact) mass is 504 g/mol. The fourth-order valence-corrected chi connectivity index (χ4v) is 4.02. The van der Waals surface area contributed by atoms with Gasteiger partial charge in [0.2, 0.25) is 0 Å². The lowest BCUT2D eigenvalue weighted by Gasteiger charge is -2.03. The van der Waals surface area contributed by atoms with Crippen molar-refractivity contribution in [1.82, 2.24) is 4.98 Å². The molecule has 4 aromatic rings. The minimum atomic E-state index is -0.689. The lowest BCUT2D eigenvalue weighted by atomic mass is 10.2. The maximum Gasteiger partial charge on any atom is 0.349 e. The van der Waals surface area contributed by atoms with E-state index >= 15 is 0 Å². The lowest BCUT2D eigenvalue weighted by Crippen LogP contribution is -2.20. The highest BCUT2D eigenvalue weighted by Crippen LogP contribution is 2.27. The highest BCUT2D eigenvalue weighted by atomic mass is 79.9. The molecule has 0 saturated carbocycles. The van der Waals surface area contributed by atoms with Gasteiger partial charge in [0.05, 0.1) is 5.69 Å². The third-order valence-corrected chi connectivity index (χ3v) is 5.53. The van der Waals surface area contributed by atoms with Crippen molar-refractivity contribution in [2.75, 3.05) is 5.32 Å². The van der Waals surface area contributed by atoms with E-state index in [1.165, 1.54) is 17.4 Å². The second-order valence-electron chi connectivity index (χ2n) is 5.63. The van der Waals surface area contributed by atoms with Crippen LogP contribution < -0.4 is 10.9 Å². The number of nitrogens with zero attached hydrogens (tertiary/aromatic N) is 1. The van der Waals surface area contributed by atoms with Crippen LogP contribution in [0.2, 0.25) is 0 Å². The number of fused-ring (bicyclic) bond motifs is 1. The second-order valence-corrected chi connectivity index (χ2v) is 8.32. The first-order chi connectivity index (χ1) is 13.0. The van der Waals surface area contributed by atoms with E-state index in [-0.39, 0.29) is 5.56 Å². The first-order valence-electron chi connectivity index (χ1n) is 7.76. The molecule has 0 saturated heterocycles. The number of aromatic nitrogens is 1. The summed E-state index contributed by atoms with van der Waals surface area (Å²) < 4.78 is 7.01. The quantitative estimate of drug-likeness (QED) is 0.363. The minimum absolute atomic E-state index is 0.0696. The number of anilines is 1. The van der Waals surface area contributed by atoms with Crippen molar-refractivity contribution in [3.05, 3.63) is 78.8 Å². The largest absolute Gasteiger partial charge is 0.422 e. The molecule has 27 heavy (non-hydrogen) atoms. The highest BCUT2D eigenvalue weighted by molar-refractivity contribution is 9.10. The van der Waals surface area contributed by atoms with E-state index in [4.69, 9.17) is 4.42 Å². The fraction of sp³-hybridized carbons (Fsp3) is 0. The first-order valence-corrected chi connectivity index (χ1v) is 10.2. The third-order valence-electron chi connectivity index (χ3n) is 3.78. The molecule has 5 nitrogen and oxygen atoms in total.